The van der Waals surface area contributed by atoms with Gasteiger partial charge in [0.25, 0.3) is 0 Å². The summed E-state index contributed by atoms with van der Waals surface area (Å²) in [4.78, 5) is 43.9. The Hall–Kier alpha value is -2.67. The zero-order valence-electron chi connectivity index (χ0n) is 18.9. The van der Waals surface area contributed by atoms with Gasteiger partial charge in [-0.15, -0.1) is 0 Å². The Morgan fingerprint density at radius 3 is 1.42 bits per heavy atom. The molecular weight excluding hydrogens is 423 g/mol. The fourth-order valence-corrected chi connectivity index (χ4v) is 1.51. The van der Waals surface area contributed by atoms with Gasteiger partial charge in [0.15, 0.2) is 12.1 Å². The molecule has 13 heteroatoms. The van der Waals surface area contributed by atoms with E-state index in [0.717, 1.165) is 0 Å². The molecule has 0 heterocycles. The molecule has 2 unspecified atom stereocenters. The van der Waals surface area contributed by atoms with E-state index in [-0.39, 0.29) is 11.3 Å². The first-order chi connectivity index (χ1) is 13.6. The molecular formula is C18H35FN2O10. The first-order valence-corrected chi connectivity index (χ1v) is 9.16. The molecule has 12 nitrogen and oxygen atoms in total. The predicted molar refractivity (Wildman–Crippen MR) is 107 cm³/mol. The number of aliphatic hydroxyl groups is 2. The molecule has 0 rings (SSSR count). The summed E-state index contributed by atoms with van der Waals surface area (Å²) in [7, 11) is 0. The fourth-order valence-electron chi connectivity index (χ4n) is 1.51. The number of carboxylic acids is 1. The number of amides is 2. The van der Waals surface area contributed by atoms with Gasteiger partial charge >= 0.3 is 24.1 Å². The number of alkyl carbamates (subject to hydrolysis) is 2. The predicted octanol–water partition coefficient (Wildman–Crippen LogP) is 0.544. The molecule has 184 valence electrons. The standard InChI is InChI=1S/C10H19NO5.C8H15NO5.FH/c1-5-15-8(13)7(6-12)11-9(14)16-10(2,3)4;1-8(2,3)14-7(13)9-5(4-10)6(11)12;/h7,12H,5-6H2,1-4H3,(H,11,14);5,10H,4H2,1-3H3,(H,9,13)(H,11,12);1H. The molecule has 0 aliphatic heterocycles. The summed E-state index contributed by atoms with van der Waals surface area (Å²) < 4.78 is 14.4. The van der Waals surface area contributed by atoms with Crippen LogP contribution in [-0.2, 0) is 23.8 Å². The highest BCUT2D eigenvalue weighted by Crippen LogP contribution is 2.07. The summed E-state index contributed by atoms with van der Waals surface area (Å²) in [5.74, 6) is -1.99. The van der Waals surface area contributed by atoms with Gasteiger partial charge in [0, 0.05) is 0 Å². The van der Waals surface area contributed by atoms with Crippen molar-refractivity contribution in [1.29, 1.82) is 0 Å². The Labute approximate surface area is 180 Å². The van der Waals surface area contributed by atoms with Gasteiger partial charge in [-0.05, 0) is 48.5 Å². The van der Waals surface area contributed by atoms with Crippen molar-refractivity contribution in [3.63, 3.8) is 0 Å². The average molecular weight is 458 g/mol. The van der Waals surface area contributed by atoms with E-state index in [1.165, 1.54) is 0 Å². The molecule has 0 saturated carbocycles. The van der Waals surface area contributed by atoms with Crippen LogP contribution in [0, 0.1) is 0 Å². The van der Waals surface area contributed by atoms with Crippen LogP contribution in [0.25, 0.3) is 0 Å². The number of hydrogen-bond acceptors (Lipinski definition) is 9. The summed E-state index contributed by atoms with van der Waals surface area (Å²) in [6.07, 6.45) is -1.63. The number of ether oxygens (including phenoxy) is 3. The van der Waals surface area contributed by atoms with Crippen molar-refractivity contribution in [3.05, 3.63) is 0 Å². The van der Waals surface area contributed by atoms with E-state index < -0.39 is 60.6 Å². The summed E-state index contributed by atoms with van der Waals surface area (Å²) in [5.41, 5.74) is -1.35. The van der Waals surface area contributed by atoms with Gasteiger partial charge in [-0.25, -0.2) is 19.2 Å². The van der Waals surface area contributed by atoms with Crippen molar-refractivity contribution in [1.82, 2.24) is 10.6 Å². The Balaban J connectivity index is -0.000000494. The van der Waals surface area contributed by atoms with E-state index in [2.05, 4.69) is 10.1 Å². The third-order valence-electron chi connectivity index (χ3n) is 2.62. The van der Waals surface area contributed by atoms with E-state index in [1.807, 2.05) is 5.32 Å². The number of aliphatic hydroxyl groups excluding tert-OH is 2. The second kappa shape index (κ2) is 15.2. The van der Waals surface area contributed by atoms with Crippen LogP contribution in [0.5, 0.6) is 0 Å². The Morgan fingerprint density at radius 2 is 1.16 bits per heavy atom. The summed E-state index contributed by atoms with van der Waals surface area (Å²) in [5, 5.41) is 30.2. The minimum atomic E-state index is -1.33. The van der Waals surface area contributed by atoms with Gasteiger partial charge < -0.3 is 40.2 Å². The van der Waals surface area contributed by atoms with Gasteiger partial charge in [-0.2, -0.15) is 0 Å². The first-order valence-electron chi connectivity index (χ1n) is 9.16. The van der Waals surface area contributed by atoms with Crippen LogP contribution in [-0.4, -0.2) is 82.6 Å². The largest absolute Gasteiger partial charge is 0.480 e. The van der Waals surface area contributed by atoms with Gasteiger partial charge in [-0.1, -0.05) is 0 Å². The highest BCUT2D eigenvalue weighted by molar-refractivity contribution is 5.81. The fraction of sp³-hybridized carbons (Fsp3) is 0.778. The molecule has 0 aromatic carbocycles. The molecule has 0 bridgehead atoms. The topological polar surface area (TPSA) is 181 Å². The number of hydrogen-bond donors (Lipinski definition) is 5. The lowest BCUT2D eigenvalue weighted by atomic mass is 10.2. The Kier molecular flexibility index (Phi) is 16.1. The van der Waals surface area contributed by atoms with Crippen molar-refractivity contribution in [2.24, 2.45) is 0 Å². The van der Waals surface area contributed by atoms with Gasteiger partial charge in [0.1, 0.15) is 11.2 Å². The summed E-state index contributed by atoms with van der Waals surface area (Å²) >= 11 is 0. The number of esters is 1. The lowest BCUT2D eigenvalue weighted by molar-refractivity contribution is -0.146. The van der Waals surface area contributed by atoms with E-state index in [9.17, 15) is 19.2 Å². The van der Waals surface area contributed by atoms with Gasteiger partial charge in [-0.3, -0.25) is 4.70 Å². The minimum absolute atomic E-state index is 0. The SMILES string of the molecule is CC(C)(C)OC(=O)NC(CO)C(=O)O.CCOC(=O)C(CO)NC(=O)OC(C)(C)C.F. The van der Waals surface area contributed by atoms with Crippen LogP contribution in [0.1, 0.15) is 48.5 Å². The first kappa shape index (κ1) is 33.0. The molecule has 0 spiro atoms. The quantitative estimate of drug-likeness (QED) is 0.267. The number of carbonyl (C=O) groups excluding carboxylic acids is 3. The molecule has 0 aromatic heterocycles. The second-order valence-corrected chi connectivity index (χ2v) is 7.85. The smallest absolute Gasteiger partial charge is 0.408 e. The molecule has 0 fully saturated rings. The van der Waals surface area contributed by atoms with E-state index in [4.69, 9.17) is 24.8 Å². The number of nitrogens with one attached hydrogen (secondary N) is 2. The van der Waals surface area contributed by atoms with Crippen LogP contribution in [0.4, 0.5) is 14.3 Å². The normalized spacial score (nSPS) is 12.5. The van der Waals surface area contributed by atoms with Crippen molar-refractivity contribution in [2.45, 2.75) is 71.8 Å². The molecule has 5 N–H and O–H groups in total. The van der Waals surface area contributed by atoms with Crippen molar-refractivity contribution in [2.75, 3.05) is 19.8 Å². The monoisotopic (exact) mass is 458 g/mol. The zero-order chi connectivity index (χ0) is 24.1. The number of halogens is 1. The average Bonchev–Trinajstić information content (AvgIpc) is 2.54. The lowest BCUT2D eigenvalue weighted by Gasteiger charge is -2.21. The summed E-state index contributed by atoms with van der Waals surface area (Å²) in [6.45, 7) is 10.7. The van der Waals surface area contributed by atoms with Crippen LogP contribution >= 0.6 is 0 Å². The van der Waals surface area contributed by atoms with E-state index in [0.29, 0.717) is 0 Å². The van der Waals surface area contributed by atoms with Crippen LogP contribution in [0.3, 0.4) is 0 Å². The van der Waals surface area contributed by atoms with Crippen LogP contribution < -0.4 is 10.6 Å². The van der Waals surface area contributed by atoms with Gasteiger partial charge in [0.05, 0.1) is 19.8 Å². The van der Waals surface area contributed by atoms with Gasteiger partial charge in [0.2, 0.25) is 0 Å². The van der Waals surface area contributed by atoms with Crippen LogP contribution in [0.2, 0.25) is 0 Å². The molecule has 0 aliphatic rings. The maximum Gasteiger partial charge on any atom is 0.408 e. The van der Waals surface area contributed by atoms with Crippen molar-refractivity contribution in [3.8, 4) is 0 Å². The second-order valence-electron chi connectivity index (χ2n) is 7.85. The maximum atomic E-state index is 11.3. The Bertz CT molecular complexity index is 573. The Morgan fingerprint density at radius 1 is 0.806 bits per heavy atom. The molecule has 2 atom stereocenters. The molecule has 31 heavy (non-hydrogen) atoms. The summed E-state index contributed by atoms with van der Waals surface area (Å²) in [6, 6.07) is -2.42. The molecule has 0 radical (unpaired) electrons. The number of carboxylic acid groups (broad SMARTS) is 1. The van der Waals surface area contributed by atoms with Crippen molar-refractivity contribution >= 4 is 24.1 Å². The lowest BCUT2D eigenvalue weighted by Crippen LogP contribution is -2.46. The minimum Gasteiger partial charge on any atom is -0.480 e. The zero-order valence-corrected chi connectivity index (χ0v) is 18.9. The van der Waals surface area contributed by atoms with Crippen LogP contribution in [0.15, 0.2) is 0 Å². The molecule has 0 aliphatic carbocycles. The molecule has 0 saturated heterocycles. The maximum absolute atomic E-state index is 11.3. The highest BCUT2D eigenvalue weighted by Gasteiger charge is 2.25. The van der Waals surface area contributed by atoms with Crippen molar-refractivity contribution < 1.29 is 53.4 Å². The van der Waals surface area contributed by atoms with E-state index in [1.54, 1.807) is 48.5 Å². The molecule has 2 amide bonds. The number of carbonyl (C=O) groups is 4. The third kappa shape index (κ3) is 19.1. The van der Waals surface area contributed by atoms with E-state index >= 15 is 0 Å². The molecule has 0 aromatic rings. The third-order valence-corrected chi connectivity index (χ3v) is 2.62. The number of aliphatic carboxylic acids is 1. The number of rotatable bonds is 7. The highest BCUT2D eigenvalue weighted by atomic mass is 19.0.